The number of hydrogen-bond acceptors (Lipinski definition) is 5. The highest BCUT2D eigenvalue weighted by Gasteiger charge is 2.30. The first kappa shape index (κ1) is 21.5. The van der Waals surface area contributed by atoms with Crippen LogP contribution < -0.4 is 5.32 Å². The van der Waals surface area contributed by atoms with Gasteiger partial charge < -0.3 is 5.32 Å². The molecule has 1 aliphatic heterocycles. The molecule has 4 rings (SSSR count). The van der Waals surface area contributed by atoms with Gasteiger partial charge in [-0.25, -0.2) is 0 Å². The lowest BCUT2D eigenvalue weighted by Gasteiger charge is -2.20. The third kappa shape index (κ3) is 4.78. The first-order valence-electron chi connectivity index (χ1n) is 11.5. The first-order chi connectivity index (χ1) is 15.0. The van der Waals surface area contributed by atoms with Crippen molar-refractivity contribution in [3.63, 3.8) is 0 Å². The predicted octanol–water partition coefficient (Wildman–Crippen LogP) is 5.41. The van der Waals surface area contributed by atoms with Gasteiger partial charge in [-0.1, -0.05) is 39.0 Å². The second-order valence-electron chi connectivity index (χ2n) is 8.94. The van der Waals surface area contributed by atoms with Gasteiger partial charge in [0.25, 0.3) is 0 Å². The fourth-order valence-electron chi connectivity index (χ4n) is 4.35. The van der Waals surface area contributed by atoms with Gasteiger partial charge in [0.15, 0.2) is 5.82 Å². The third-order valence-corrected chi connectivity index (χ3v) is 6.66. The highest BCUT2D eigenvalue weighted by Crippen LogP contribution is 2.40. The molecule has 0 saturated heterocycles. The molecule has 1 N–H and O–H groups in total. The third-order valence-electron chi connectivity index (χ3n) is 6.66. The standard InChI is InChI=1S/C25H34N6/c1-6-20-13-19(8-11-22(20)26-7-2)14-24-28-29-25-27-15-23(30-31(24)25)17(4)12-16(3)18(5)21-9-10-21/h7-8,11-13,16,18,21H,6,9-10,14-15H2,1-5H3,(H,27,29). The van der Waals surface area contributed by atoms with Gasteiger partial charge in [0, 0.05) is 12.6 Å². The van der Waals surface area contributed by atoms with E-state index in [2.05, 4.69) is 72.5 Å². The Bertz CT molecular complexity index is 1020. The summed E-state index contributed by atoms with van der Waals surface area (Å²) in [5.74, 6) is 3.77. The number of allylic oxidation sites excluding steroid dienone is 1. The van der Waals surface area contributed by atoms with E-state index in [0.717, 1.165) is 35.5 Å². The van der Waals surface area contributed by atoms with Crippen LogP contribution in [-0.2, 0) is 12.8 Å². The van der Waals surface area contributed by atoms with Gasteiger partial charge in [0.1, 0.15) is 0 Å². The van der Waals surface area contributed by atoms with Gasteiger partial charge in [-0.3, -0.25) is 4.99 Å². The second kappa shape index (κ2) is 9.16. The van der Waals surface area contributed by atoms with Crippen LogP contribution in [0.4, 0.5) is 11.6 Å². The number of aliphatic imine (C=N–C) groups is 1. The van der Waals surface area contributed by atoms with Crippen molar-refractivity contribution < 1.29 is 0 Å². The topological polar surface area (TPSA) is 67.5 Å². The lowest BCUT2D eigenvalue weighted by atomic mass is 9.89. The van der Waals surface area contributed by atoms with Crippen molar-refractivity contribution in [3.05, 3.63) is 46.8 Å². The molecule has 0 amide bonds. The Balaban J connectivity index is 1.55. The van der Waals surface area contributed by atoms with E-state index in [1.165, 1.54) is 29.5 Å². The maximum absolute atomic E-state index is 4.92. The summed E-state index contributed by atoms with van der Waals surface area (Å²) < 4.78 is 1.87. The zero-order chi connectivity index (χ0) is 22.0. The number of aryl methyl sites for hydroxylation is 1. The van der Waals surface area contributed by atoms with Crippen LogP contribution in [0.2, 0.25) is 0 Å². The summed E-state index contributed by atoms with van der Waals surface area (Å²) in [7, 11) is 0. The molecular weight excluding hydrogens is 384 g/mol. The van der Waals surface area contributed by atoms with E-state index in [1.54, 1.807) is 0 Å². The summed E-state index contributed by atoms with van der Waals surface area (Å²) in [5, 5.41) is 17.0. The fourth-order valence-corrected chi connectivity index (χ4v) is 4.35. The second-order valence-corrected chi connectivity index (χ2v) is 8.94. The predicted molar refractivity (Wildman–Crippen MR) is 129 cm³/mol. The molecule has 2 heterocycles. The number of nitrogens with one attached hydrogen (secondary N) is 1. The molecule has 1 saturated carbocycles. The summed E-state index contributed by atoms with van der Waals surface area (Å²) in [6.45, 7) is 11.7. The molecule has 1 aromatic heterocycles. The molecule has 1 aliphatic carbocycles. The smallest absolute Gasteiger partial charge is 0.246 e. The summed E-state index contributed by atoms with van der Waals surface area (Å²) in [6, 6.07) is 6.43. The van der Waals surface area contributed by atoms with Crippen LogP contribution in [0, 0.1) is 17.8 Å². The molecule has 0 radical (unpaired) electrons. The summed E-state index contributed by atoms with van der Waals surface area (Å²) in [5.41, 5.74) is 5.78. The average Bonchev–Trinajstić information content (AvgIpc) is 3.55. The average molecular weight is 419 g/mol. The van der Waals surface area contributed by atoms with Crippen molar-refractivity contribution in [3.8, 4) is 0 Å². The van der Waals surface area contributed by atoms with E-state index in [-0.39, 0.29) is 0 Å². The van der Waals surface area contributed by atoms with Gasteiger partial charge in [-0.2, -0.15) is 9.78 Å². The van der Waals surface area contributed by atoms with E-state index in [0.29, 0.717) is 24.8 Å². The van der Waals surface area contributed by atoms with E-state index < -0.39 is 0 Å². The van der Waals surface area contributed by atoms with Crippen molar-refractivity contribution in [2.24, 2.45) is 27.8 Å². The van der Waals surface area contributed by atoms with Gasteiger partial charge in [-0.05, 0) is 73.6 Å². The summed E-state index contributed by atoms with van der Waals surface area (Å²) in [4.78, 5) is 4.47. The van der Waals surface area contributed by atoms with E-state index >= 15 is 0 Å². The minimum atomic E-state index is 0.564. The number of fused-ring (bicyclic) bond motifs is 1. The summed E-state index contributed by atoms with van der Waals surface area (Å²) in [6.07, 6.45) is 8.64. The molecule has 6 nitrogen and oxygen atoms in total. The molecule has 6 heteroatoms. The molecule has 2 aromatic rings. The normalized spacial score (nSPS) is 18.5. The lowest BCUT2D eigenvalue weighted by Crippen LogP contribution is -2.24. The van der Waals surface area contributed by atoms with Crippen LogP contribution in [0.25, 0.3) is 0 Å². The number of hydrogen-bond donors (Lipinski definition) is 1. The number of rotatable bonds is 8. The van der Waals surface area contributed by atoms with Gasteiger partial charge in [-0.15, -0.1) is 10.2 Å². The molecule has 0 bridgehead atoms. The van der Waals surface area contributed by atoms with Gasteiger partial charge in [0.05, 0.1) is 17.9 Å². The van der Waals surface area contributed by atoms with Gasteiger partial charge in [0.2, 0.25) is 5.95 Å². The first-order valence-corrected chi connectivity index (χ1v) is 11.5. The molecule has 1 fully saturated rings. The number of nitrogens with zero attached hydrogens (tertiary/aromatic N) is 5. The minimum absolute atomic E-state index is 0.564. The van der Waals surface area contributed by atoms with Crippen LogP contribution >= 0.6 is 0 Å². The highest BCUT2D eigenvalue weighted by atomic mass is 15.5. The Morgan fingerprint density at radius 3 is 2.81 bits per heavy atom. The highest BCUT2D eigenvalue weighted by molar-refractivity contribution is 6.03. The van der Waals surface area contributed by atoms with Crippen LogP contribution in [0.3, 0.4) is 0 Å². The Morgan fingerprint density at radius 2 is 2.10 bits per heavy atom. The number of anilines is 1. The molecule has 1 aromatic carbocycles. The largest absolute Gasteiger partial charge is 0.347 e. The minimum Gasteiger partial charge on any atom is -0.347 e. The van der Waals surface area contributed by atoms with Crippen molar-refractivity contribution in [1.82, 2.24) is 14.9 Å². The Labute approximate surface area is 185 Å². The molecular formula is C25H34N6. The van der Waals surface area contributed by atoms with Crippen molar-refractivity contribution in [2.45, 2.75) is 60.3 Å². The van der Waals surface area contributed by atoms with E-state index in [1.807, 2.05) is 17.8 Å². The lowest BCUT2D eigenvalue weighted by molar-refractivity contribution is 0.406. The molecule has 2 atom stereocenters. The molecule has 0 spiro atoms. The fraction of sp³-hybridized carbons (Fsp3) is 0.520. The Kier molecular flexibility index (Phi) is 6.35. The van der Waals surface area contributed by atoms with Crippen molar-refractivity contribution >= 4 is 23.6 Å². The van der Waals surface area contributed by atoms with Gasteiger partial charge >= 0.3 is 0 Å². The van der Waals surface area contributed by atoms with Crippen LogP contribution in [-0.4, -0.2) is 33.3 Å². The monoisotopic (exact) mass is 418 g/mol. The zero-order valence-corrected chi connectivity index (χ0v) is 19.4. The van der Waals surface area contributed by atoms with Crippen molar-refractivity contribution in [1.29, 1.82) is 0 Å². The van der Waals surface area contributed by atoms with Crippen LogP contribution in [0.1, 0.15) is 64.4 Å². The molecule has 31 heavy (non-hydrogen) atoms. The quantitative estimate of drug-likeness (QED) is 0.583. The molecule has 2 unspecified atom stereocenters. The van der Waals surface area contributed by atoms with Crippen LogP contribution in [0.5, 0.6) is 0 Å². The SMILES string of the molecule is CC=Nc1ccc(Cc2nnc3n2N=C(C(C)=CC(C)C(C)C2CC2)CN3)cc1CC. The maximum atomic E-state index is 4.92. The number of aromatic nitrogens is 3. The maximum Gasteiger partial charge on any atom is 0.246 e. The molecule has 2 aliphatic rings. The van der Waals surface area contributed by atoms with E-state index in [9.17, 15) is 0 Å². The Hall–Kier alpha value is -2.76. The Morgan fingerprint density at radius 1 is 1.29 bits per heavy atom. The zero-order valence-electron chi connectivity index (χ0n) is 19.4. The molecule has 164 valence electrons. The summed E-state index contributed by atoms with van der Waals surface area (Å²) >= 11 is 0. The van der Waals surface area contributed by atoms with Crippen molar-refractivity contribution in [2.75, 3.05) is 11.9 Å². The van der Waals surface area contributed by atoms with E-state index in [4.69, 9.17) is 5.10 Å². The number of benzene rings is 1. The van der Waals surface area contributed by atoms with Crippen LogP contribution in [0.15, 0.2) is 39.9 Å².